The highest BCUT2D eigenvalue weighted by molar-refractivity contribution is 5.75. The second-order valence-electron chi connectivity index (χ2n) is 4.27. The van der Waals surface area contributed by atoms with Crippen molar-refractivity contribution >= 4 is 18.0 Å². The van der Waals surface area contributed by atoms with Crippen molar-refractivity contribution in [3.63, 3.8) is 0 Å². The summed E-state index contributed by atoms with van der Waals surface area (Å²) < 4.78 is 4.45. The molecule has 2 amide bonds. The molecule has 0 heterocycles. The van der Waals surface area contributed by atoms with E-state index in [1.54, 1.807) is 24.3 Å². The number of hydrogen-bond acceptors (Lipinski definition) is 4. The molecular weight excluding hydrogens is 276 g/mol. The molecule has 0 radical (unpaired) electrons. The largest absolute Gasteiger partial charge is 0.481 e. The Kier molecular flexibility index (Phi) is 6.73. The van der Waals surface area contributed by atoms with Crippen LogP contribution in [-0.2, 0) is 27.3 Å². The molecular formula is C14H18N2O5. The van der Waals surface area contributed by atoms with Crippen LogP contribution >= 0.6 is 0 Å². The second kappa shape index (κ2) is 8.57. The summed E-state index contributed by atoms with van der Waals surface area (Å²) in [6, 6.07) is 6.56. The lowest BCUT2D eigenvalue weighted by Gasteiger charge is -2.10. The lowest BCUT2D eigenvalue weighted by Crippen LogP contribution is -2.36. The molecule has 0 spiro atoms. The van der Waals surface area contributed by atoms with Gasteiger partial charge in [0.05, 0.1) is 20.0 Å². The number of rotatable bonds is 7. The van der Waals surface area contributed by atoms with E-state index in [0.29, 0.717) is 5.56 Å². The van der Waals surface area contributed by atoms with Gasteiger partial charge in [0, 0.05) is 13.1 Å². The molecule has 1 aromatic rings. The molecule has 0 aromatic heterocycles. The zero-order valence-electron chi connectivity index (χ0n) is 11.7. The van der Waals surface area contributed by atoms with Crippen LogP contribution in [0.15, 0.2) is 24.3 Å². The van der Waals surface area contributed by atoms with E-state index >= 15 is 0 Å². The number of carbonyl (C=O) groups is 3. The van der Waals surface area contributed by atoms with Gasteiger partial charge in [-0.3, -0.25) is 9.59 Å². The molecule has 0 bridgehead atoms. The van der Waals surface area contributed by atoms with Crippen LogP contribution in [0.25, 0.3) is 0 Å². The van der Waals surface area contributed by atoms with E-state index in [-0.39, 0.29) is 25.9 Å². The molecule has 7 nitrogen and oxygen atoms in total. The smallest absolute Gasteiger partial charge is 0.315 e. The Bertz CT molecular complexity index is 516. The number of esters is 1. The first kappa shape index (κ1) is 16.5. The predicted octanol–water partition coefficient (Wildman–Crippen LogP) is 0.676. The molecule has 21 heavy (non-hydrogen) atoms. The number of ether oxygens (including phenoxy) is 1. The summed E-state index contributed by atoms with van der Waals surface area (Å²) in [6.07, 6.45) is 0.00132. The normalized spacial score (nSPS) is 9.76. The Labute approximate surface area is 122 Å². The quantitative estimate of drug-likeness (QED) is 0.641. The van der Waals surface area contributed by atoms with Crippen LogP contribution in [0, 0.1) is 0 Å². The molecule has 0 saturated carbocycles. The van der Waals surface area contributed by atoms with Crippen LogP contribution in [0.2, 0.25) is 0 Å². The standard InChI is InChI=1S/C14H18N2O5/c1-21-13(19)6-7-15-14(20)16-9-11-5-3-2-4-10(11)8-12(17)18/h2-5H,6-9H2,1H3,(H,17,18)(H2,15,16,20). The van der Waals surface area contributed by atoms with Crippen LogP contribution in [-0.4, -0.2) is 36.7 Å². The molecule has 0 aliphatic rings. The minimum Gasteiger partial charge on any atom is -0.481 e. The number of aliphatic carboxylic acids is 1. The molecule has 0 fully saturated rings. The van der Waals surface area contributed by atoms with Crippen molar-refractivity contribution in [1.29, 1.82) is 0 Å². The summed E-state index contributed by atoms with van der Waals surface area (Å²) in [5.74, 6) is -1.33. The van der Waals surface area contributed by atoms with E-state index in [9.17, 15) is 14.4 Å². The van der Waals surface area contributed by atoms with Gasteiger partial charge in [-0.25, -0.2) is 4.79 Å². The Morgan fingerprint density at radius 1 is 1.14 bits per heavy atom. The third-order valence-electron chi connectivity index (χ3n) is 2.74. The molecule has 3 N–H and O–H groups in total. The Hall–Kier alpha value is -2.57. The van der Waals surface area contributed by atoms with Gasteiger partial charge in [-0.15, -0.1) is 0 Å². The summed E-state index contributed by atoms with van der Waals surface area (Å²) in [5, 5.41) is 13.9. The zero-order valence-corrected chi connectivity index (χ0v) is 11.7. The van der Waals surface area contributed by atoms with Crippen LogP contribution in [0.3, 0.4) is 0 Å². The summed E-state index contributed by atoms with van der Waals surface area (Å²) in [4.78, 5) is 33.1. The van der Waals surface area contributed by atoms with E-state index in [2.05, 4.69) is 15.4 Å². The van der Waals surface area contributed by atoms with E-state index in [1.807, 2.05) is 0 Å². The molecule has 1 rings (SSSR count). The van der Waals surface area contributed by atoms with Crippen molar-refractivity contribution in [1.82, 2.24) is 10.6 Å². The lowest BCUT2D eigenvalue weighted by molar-refractivity contribution is -0.140. The molecule has 1 aromatic carbocycles. The van der Waals surface area contributed by atoms with Gasteiger partial charge in [0.2, 0.25) is 0 Å². The average Bonchev–Trinajstić information content (AvgIpc) is 2.45. The monoisotopic (exact) mass is 294 g/mol. The Morgan fingerprint density at radius 3 is 2.43 bits per heavy atom. The van der Waals surface area contributed by atoms with E-state index in [1.165, 1.54) is 7.11 Å². The average molecular weight is 294 g/mol. The Balaban J connectivity index is 2.42. The van der Waals surface area contributed by atoms with Gasteiger partial charge in [-0.05, 0) is 11.1 Å². The first-order valence-corrected chi connectivity index (χ1v) is 6.40. The van der Waals surface area contributed by atoms with Gasteiger partial charge in [0.1, 0.15) is 0 Å². The van der Waals surface area contributed by atoms with Crippen molar-refractivity contribution in [2.45, 2.75) is 19.4 Å². The number of carboxylic acid groups (broad SMARTS) is 1. The van der Waals surface area contributed by atoms with Gasteiger partial charge < -0.3 is 20.5 Å². The van der Waals surface area contributed by atoms with Gasteiger partial charge in [-0.1, -0.05) is 24.3 Å². The van der Waals surface area contributed by atoms with Crippen LogP contribution in [0.5, 0.6) is 0 Å². The summed E-state index contributed by atoms with van der Waals surface area (Å²) in [7, 11) is 1.28. The number of hydrogen-bond donors (Lipinski definition) is 3. The minimum absolute atomic E-state index is 0.0954. The highest BCUT2D eigenvalue weighted by Gasteiger charge is 2.08. The van der Waals surface area contributed by atoms with Crippen molar-refractivity contribution in [2.24, 2.45) is 0 Å². The summed E-state index contributed by atoms with van der Waals surface area (Å²) in [6.45, 7) is 0.392. The first-order valence-electron chi connectivity index (χ1n) is 6.40. The number of benzene rings is 1. The molecule has 0 aliphatic heterocycles. The van der Waals surface area contributed by atoms with Gasteiger partial charge in [0.25, 0.3) is 0 Å². The van der Waals surface area contributed by atoms with Gasteiger partial charge in [-0.2, -0.15) is 0 Å². The van der Waals surface area contributed by atoms with Crippen molar-refractivity contribution in [3.8, 4) is 0 Å². The number of carbonyl (C=O) groups excluding carboxylic acids is 2. The highest BCUT2D eigenvalue weighted by atomic mass is 16.5. The number of methoxy groups -OCH3 is 1. The minimum atomic E-state index is -0.926. The van der Waals surface area contributed by atoms with Crippen molar-refractivity contribution in [3.05, 3.63) is 35.4 Å². The van der Waals surface area contributed by atoms with Crippen LogP contribution < -0.4 is 10.6 Å². The predicted molar refractivity (Wildman–Crippen MR) is 74.7 cm³/mol. The fourth-order valence-electron chi connectivity index (χ4n) is 1.68. The summed E-state index contributed by atoms with van der Waals surface area (Å²) >= 11 is 0. The summed E-state index contributed by atoms with van der Waals surface area (Å²) in [5.41, 5.74) is 1.39. The molecule has 7 heteroatoms. The molecule has 0 saturated heterocycles. The van der Waals surface area contributed by atoms with Crippen LogP contribution in [0.1, 0.15) is 17.5 Å². The highest BCUT2D eigenvalue weighted by Crippen LogP contribution is 2.09. The van der Waals surface area contributed by atoms with Crippen LogP contribution in [0.4, 0.5) is 4.79 Å². The number of carboxylic acids is 1. The van der Waals surface area contributed by atoms with Crippen molar-refractivity contribution < 1.29 is 24.2 Å². The maximum Gasteiger partial charge on any atom is 0.315 e. The Morgan fingerprint density at radius 2 is 1.81 bits per heavy atom. The lowest BCUT2D eigenvalue weighted by atomic mass is 10.0. The SMILES string of the molecule is COC(=O)CCNC(=O)NCc1ccccc1CC(=O)O. The van der Waals surface area contributed by atoms with E-state index in [0.717, 1.165) is 5.56 Å². The molecule has 0 aliphatic carbocycles. The second-order valence-corrected chi connectivity index (χ2v) is 4.27. The number of urea groups is 1. The third kappa shape index (κ3) is 6.42. The fourth-order valence-corrected chi connectivity index (χ4v) is 1.68. The number of amides is 2. The molecule has 0 atom stereocenters. The maximum absolute atomic E-state index is 11.5. The van der Waals surface area contributed by atoms with Gasteiger partial charge >= 0.3 is 18.0 Å². The first-order chi connectivity index (χ1) is 10.0. The molecule has 114 valence electrons. The van der Waals surface area contributed by atoms with E-state index in [4.69, 9.17) is 5.11 Å². The fraction of sp³-hybridized carbons (Fsp3) is 0.357. The molecule has 0 unspecified atom stereocenters. The number of nitrogens with one attached hydrogen (secondary N) is 2. The zero-order chi connectivity index (χ0) is 15.7. The maximum atomic E-state index is 11.5. The van der Waals surface area contributed by atoms with E-state index < -0.39 is 18.0 Å². The topological polar surface area (TPSA) is 105 Å². The van der Waals surface area contributed by atoms with Gasteiger partial charge in [0.15, 0.2) is 0 Å². The van der Waals surface area contributed by atoms with Crippen molar-refractivity contribution in [2.75, 3.05) is 13.7 Å². The third-order valence-corrected chi connectivity index (χ3v) is 2.74.